The minimum Gasteiger partial charge on any atom is -0.393 e. The van der Waals surface area contributed by atoms with Crippen LogP contribution in [-0.2, 0) is 18.8 Å². The molecule has 0 amide bonds. The van der Waals surface area contributed by atoms with Gasteiger partial charge in [0, 0.05) is 19.6 Å². The fraction of sp³-hybridized carbons (Fsp3) is 1.00. The number of hydrogen-bond donors (Lipinski definition) is 6. The smallest absolute Gasteiger partial charge is 0.329 e. The standard InChI is InChI=1S/C45H83O10P/c1-5-6-7-8-9-10-11-12-13-14-15-16-17-18-24-54-38-29-42(49)55-39(38)30-53-23-19-20-31(2)34-21-22-35-43-36(28-40(48)45(34,35)4)44(3)32(26-37(43)47)25-33(46)27-41(44)56(50,51)52/h31-43,46-49H,5-30H2,1-4H3,(H2,50,51,52)/t31-,32+,33+,34-,35+,36+,37-,38+,39+,40+,41?,42?,43+,44+,45-/m1/s1. The summed E-state index contributed by atoms with van der Waals surface area (Å²) in [5.74, 6) is 0.155. The van der Waals surface area contributed by atoms with E-state index in [-0.39, 0.29) is 53.6 Å². The van der Waals surface area contributed by atoms with E-state index < -0.39 is 43.3 Å². The maximum atomic E-state index is 12.9. The first kappa shape index (κ1) is 46.9. The van der Waals surface area contributed by atoms with Gasteiger partial charge in [0.05, 0.1) is 36.7 Å². The third-order valence-corrected chi connectivity index (χ3v) is 17.8. The lowest BCUT2D eigenvalue weighted by Crippen LogP contribution is -2.65. The SMILES string of the molecule is CCCCCCCCCCCCCCCCO[C@H]1CC(O)O[C@H]1COCCC[C@@H](C)[C@H]1CC[C@H]2[C@@H]3[C@H](O)C[C@@H]4C[C@H](O)CC(P(=O)(O)O)[C@]4(C)[C@H]3C[C@H](O)[C@]12C. The molecule has 0 aromatic rings. The Morgan fingerprint density at radius 3 is 1.98 bits per heavy atom. The van der Waals surface area contributed by atoms with Gasteiger partial charge in [-0.2, -0.15) is 0 Å². The topological polar surface area (TPSA) is 166 Å². The van der Waals surface area contributed by atoms with E-state index in [0.717, 1.165) is 32.1 Å². The number of aliphatic hydroxyl groups is 4. The molecule has 5 aliphatic rings. The van der Waals surface area contributed by atoms with E-state index in [2.05, 4.69) is 20.8 Å². The first-order chi connectivity index (χ1) is 26.7. The molecule has 15 atom stereocenters. The molecule has 2 unspecified atom stereocenters. The van der Waals surface area contributed by atoms with Crippen molar-refractivity contribution in [2.45, 2.75) is 218 Å². The lowest BCUT2D eigenvalue weighted by molar-refractivity contribution is -0.206. The predicted molar refractivity (Wildman–Crippen MR) is 220 cm³/mol. The maximum absolute atomic E-state index is 12.9. The zero-order valence-electron chi connectivity index (χ0n) is 35.7. The molecule has 0 spiro atoms. The third kappa shape index (κ3) is 11.2. The minimum absolute atomic E-state index is 0.0665. The Morgan fingerprint density at radius 2 is 1.36 bits per heavy atom. The van der Waals surface area contributed by atoms with Crippen molar-refractivity contribution < 1.29 is 49.0 Å². The van der Waals surface area contributed by atoms with Crippen molar-refractivity contribution in [2.75, 3.05) is 19.8 Å². The van der Waals surface area contributed by atoms with Crippen molar-refractivity contribution >= 4 is 7.60 Å². The van der Waals surface area contributed by atoms with Gasteiger partial charge in [0.2, 0.25) is 0 Å². The molecule has 0 radical (unpaired) electrons. The number of hydrogen-bond acceptors (Lipinski definition) is 8. The van der Waals surface area contributed by atoms with Gasteiger partial charge >= 0.3 is 7.60 Å². The minimum atomic E-state index is -4.52. The van der Waals surface area contributed by atoms with Crippen LogP contribution in [0.4, 0.5) is 0 Å². The van der Waals surface area contributed by atoms with Gasteiger partial charge in [-0.3, -0.25) is 4.57 Å². The zero-order chi connectivity index (χ0) is 40.5. The fourth-order valence-electron chi connectivity index (χ4n) is 13.2. The highest BCUT2D eigenvalue weighted by molar-refractivity contribution is 7.52. The van der Waals surface area contributed by atoms with Gasteiger partial charge in [-0.25, -0.2) is 0 Å². The molecule has 56 heavy (non-hydrogen) atoms. The highest BCUT2D eigenvalue weighted by Crippen LogP contribution is 2.71. The molecular weight excluding hydrogens is 731 g/mol. The molecular formula is C45H83O10P. The number of rotatable bonds is 24. The molecule has 5 rings (SSSR count). The molecule has 1 heterocycles. The van der Waals surface area contributed by atoms with Gasteiger partial charge in [-0.1, -0.05) is 111 Å². The van der Waals surface area contributed by atoms with Crippen molar-refractivity contribution in [1.82, 2.24) is 0 Å². The van der Waals surface area contributed by atoms with Crippen LogP contribution in [0.2, 0.25) is 0 Å². The third-order valence-electron chi connectivity index (χ3n) is 16.3. The number of ether oxygens (including phenoxy) is 3. The summed E-state index contributed by atoms with van der Waals surface area (Å²) in [7, 11) is -4.52. The van der Waals surface area contributed by atoms with Crippen molar-refractivity contribution in [1.29, 1.82) is 0 Å². The highest BCUT2D eigenvalue weighted by Gasteiger charge is 2.69. The van der Waals surface area contributed by atoms with Crippen LogP contribution in [0.1, 0.15) is 175 Å². The van der Waals surface area contributed by atoms with Gasteiger partial charge in [-0.15, -0.1) is 0 Å². The summed E-state index contributed by atoms with van der Waals surface area (Å²) in [5, 5.41) is 44.5. The second-order valence-electron chi connectivity index (χ2n) is 19.8. The molecule has 0 bridgehead atoms. The van der Waals surface area contributed by atoms with Gasteiger partial charge < -0.3 is 44.4 Å². The van der Waals surface area contributed by atoms with Crippen molar-refractivity contribution in [3.8, 4) is 0 Å². The van der Waals surface area contributed by atoms with Crippen LogP contribution in [0.15, 0.2) is 0 Å². The molecule has 4 aliphatic carbocycles. The molecule has 1 aliphatic heterocycles. The lowest BCUT2D eigenvalue weighted by Gasteiger charge is -2.65. The predicted octanol–water partition coefficient (Wildman–Crippen LogP) is 8.51. The maximum Gasteiger partial charge on any atom is 0.329 e. The van der Waals surface area contributed by atoms with E-state index in [4.69, 9.17) is 14.2 Å². The summed E-state index contributed by atoms with van der Waals surface area (Å²) < 4.78 is 30.9. The Balaban J connectivity index is 0.992. The summed E-state index contributed by atoms with van der Waals surface area (Å²) in [6.07, 6.45) is 20.8. The zero-order valence-corrected chi connectivity index (χ0v) is 36.5. The highest BCUT2D eigenvalue weighted by atomic mass is 31.2. The fourth-order valence-corrected chi connectivity index (χ4v) is 14.8. The molecule has 10 nitrogen and oxygen atoms in total. The molecule has 328 valence electrons. The van der Waals surface area contributed by atoms with Crippen LogP contribution in [0, 0.1) is 46.3 Å². The summed E-state index contributed by atoms with van der Waals surface area (Å²) in [6.45, 7) is 10.4. The van der Waals surface area contributed by atoms with Crippen LogP contribution >= 0.6 is 7.60 Å². The van der Waals surface area contributed by atoms with E-state index >= 15 is 0 Å². The Labute approximate surface area is 339 Å². The first-order valence-electron chi connectivity index (χ1n) is 23.3. The van der Waals surface area contributed by atoms with Crippen LogP contribution < -0.4 is 0 Å². The molecule has 4 saturated carbocycles. The van der Waals surface area contributed by atoms with E-state index in [9.17, 15) is 34.8 Å². The quantitative estimate of drug-likeness (QED) is 0.0411. The van der Waals surface area contributed by atoms with Gasteiger partial charge in [0.15, 0.2) is 6.29 Å². The average molecular weight is 815 g/mol. The van der Waals surface area contributed by atoms with Gasteiger partial charge in [-0.05, 0) is 104 Å². The Morgan fingerprint density at radius 1 is 0.732 bits per heavy atom. The van der Waals surface area contributed by atoms with E-state index in [0.29, 0.717) is 51.4 Å². The van der Waals surface area contributed by atoms with Crippen LogP contribution in [-0.4, -0.2) is 92.5 Å². The Bertz CT molecular complexity index is 1200. The van der Waals surface area contributed by atoms with E-state index in [1.807, 2.05) is 6.92 Å². The van der Waals surface area contributed by atoms with E-state index in [1.54, 1.807) is 0 Å². The Hall–Kier alpha value is -0.130. The average Bonchev–Trinajstić information content (AvgIpc) is 3.69. The second kappa shape index (κ2) is 21.6. The van der Waals surface area contributed by atoms with Crippen LogP contribution in [0.5, 0.6) is 0 Å². The van der Waals surface area contributed by atoms with Crippen molar-refractivity contribution in [2.24, 2.45) is 46.3 Å². The summed E-state index contributed by atoms with van der Waals surface area (Å²) in [6, 6.07) is 0. The monoisotopic (exact) mass is 815 g/mol. The summed E-state index contributed by atoms with van der Waals surface area (Å²) in [4.78, 5) is 21.0. The number of aliphatic hydroxyl groups excluding tert-OH is 4. The summed E-state index contributed by atoms with van der Waals surface area (Å²) >= 11 is 0. The van der Waals surface area contributed by atoms with Gasteiger partial charge in [0.25, 0.3) is 0 Å². The molecule has 11 heteroatoms. The summed E-state index contributed by atoms with van der Waals surface area (Å²) in [5.41, 5.74) is -2.10. The number of fused-ring (bicyclic) bond motifs is 5. The lowest BCUT2D eigenvalue weighted by atomic mass is 9.43. The van der Waals surface area contributed by atoms with Crippen LogP contribution in [0.25, 0.3) is 0 Å². The number of unbranched alkanes of at least 4 members (excludes halogenated alkanes) is 13. The first-order valence-corrected chi connectivity index (χ1v) is 25.0. The molecule has 1 saturated heterocycles. The molecule has 6 N–H and O–H groups in total. The largest absolute Gasteiger partial charge is 0.393 e. The Kier molecular flexibility index (Phi) is 18.1. The van der Waals surface area contributed by atoms with Gasteiger partial charge in [0.1, 0.15) is 6.10 Å². The normalized spacial score (nSPS) is 40.3. The second-order valence-corrected chi connectivity index (χ2v) is 21.6. The van der Waals surface area contributed by atoms with Crippen molar-refractivity contribution in [3.05, 3.63) is 0 Å². The van der Waals surface area contributed by atoms with Crippen LogP contribution in [0.3, 0.4) is 0 Å². The molecule has 0 aromatic heterocycles. The van der Waals surface area contributed by atoms with Crippen molar-refractivity contribution in [3.63, 3.8) is 0 Å². The molecule has 0 aromatic carbocycles. The molecule has 5 fully saturated rings. The van der Waals surface area contributed by atoms with E-state index in [1.165, 1.54) is 83.5 Å².